The number of unbranched alkanes of at least 4 members (excludes halogenated alkanes) is 10. The van der Waals surface area contributed by atoms with E-state index >= 15 is 0 Å². The van der Waals surface area contributed by atoms with E-state index in [1.165, 1.54) is 32.1 Å². The van der Waals surface area contributed by atoms with Gasteiger partial charge in [-0.25, -0.2) is 4.57 Å². The summed E-state index contributed by atoms with van der Waals surface area (Å²) in [5.41, 5.74) is 5.35. The summed E-state index contributed by atoms with van der Waals surface area (Å²) in [6.07, 6.45) is 59.8. The number of phosphoric acid groups is 1. The predicted molar refractivity (Wildman–Crippen MR) is 251 cm³/mol. The Morgan fingerprint density at radius 3 is 1.42 bits per heavy atom. The molecule has 9 nitrogen and oxygen atoms in total. The summed E-state index contributed by atoms with van der Waals surface area (Å²) in [4.78, 5) is 34.9. The van der Waals surface area contributed by atoms with E-state index in [9.17, 15) is 19.0 Å². The standard InChI is InChI=1S/C50H82NO8P/c1-3-5-7-9-11-13-15-17-19-21-22-23-24-25-26-27-29-31-33-35-37-39-41-43-50(53)59-48(47-58-60(54,55)57-45-44-51)46-56-49(52)42-40-38-36-34-32-30-28-20-18-16-14-12-10-8-6-4-2/h5,7,11,13-14,16-17,19-20,22-23,25-26,28-29,31,35,37,48H,3-4,6,8-10,12,15,18,21,24,27,30,32-34,36,38-47,51H2,1-2H3,(H,54,55)/b7-5-,13-11-,16-14-,19-17-,23-22-,26-25-,28-20-,31-29-,37-35-. The second-order valence-electron chi connectivity index (χ2n) is 14.5. The molecule has 0 spiro atoms. The Kier molecular flexibility index (Phi) is 42.7. The Balaban J connectivity index is 4.30. The molecule has 2 atom stereocenters. The number of carbonyl (C=O) groups excluding carboxylic acids is 2. The van der Waals surface area contributed by atoms with E-state index in [1.54, 1.807) is 0 Å². The smallest absolute Gasteiger partial charge is 0.462 e. The highest BCUT2D eigenvalue weighted by Gasteiger charge is 2.25. The molecule has 0 aromatic rings. The largest absolute Gasteiger partial charge is 0.472 e. The lowest BCUT2D eigenvalue weighted by Crippen LogP contribution is -2.29. The van der Waals surface area contributed by atoms with Crippen LogP contribution in [-0.2, 0) is 32.7 Å². The van der Waals surface area contributed by atoms with Crippen molar-refractivity contribution in [3.8, 4) is 0 Å². The summed E-state index contributed by atoms with van der Waals surface area (Å²) in [5, 5.41) is 0. The lowest BCUT2D eigenvalue weighted by atomic mass is 10.1. The Hall–Kier alpha value is -3.33. The molecule has 10 heteroatoms. The second-order valence-corrected chi connectivity index (χ2v) is 16.0. The first kappa shape index (κ1) is 56.7. The van der Waals surface area contributed by atoms with Crippen molar-refractivity contribution in [2.45, 2.75) is 168 Å². The molecule has 0 aliphatic heterocycles. The van der Waals surface area contributed by atoms with Gasteiger partial charge in [0.15, 0.2) is 6.10 Å². The molecule has 2 unspecified atom stereocenters. The first-order valence-corrected chi connectivity index (χ1v) is 24.4. The third-order valence-electron chi connectivity index (χ3n) is 8.89. The van der Waals surface area contributed by atoms with E-state index in [0.29, 0.717) is 19.3 Å². The minimum atomic E-state index is -4.41. The molecule has 0 aromatic heterocycles. The lowest BCUT2D eigenvalue weighted by molar-refractivity contribution is -0.161. The molecule has 0 heterocycles. The van der Waals surface area contributed by atoms with Gasteiger partial charge in [0, 0.05) is 19.4 Å². The molecule has 0 aliphatic carbocycles. The number of rotatable bonds is 41. The maximum Gasteiger partial charge on any atom is 0.472 e. The number of ether oxygens (including phenoxy) is 2. The number of allylic oxidation sites excluding steroid dienone is 18. The molecular formula is C50H82NO8P. The second kappa shape index (κ2) is 45.2. The topological polar surface area (TPSA) is 134 Å². The minimum Gasteiger partial charge on any atom is -0.462 e. The van der Waals surface area contributed by atoms with Crippen molar-refractivity contribution >= 4 is 19.8 Å². The van der Waals surface area contributed by atoms with Crippen LogP contribution in [0, 0.1) is 0 Å². The number of nitrogens with two attached hydrogens (primary N) is 1. The van der Waals surface area contributed by atoms with Gasteiger partial charge in [-0.15, -0.1) is 0 Å². The van der Waals surface area contributed by atoms with Gasteiger partial charge in [-0.3, -0.25) is 18.6 Å². The zero-order valence-electron chi connectivity index (χ0n) is 37.4. The van der Waals surface area contributed by atoms with Gasteiger partial charge in [-0.05, 0) is 96.3 Å². The van der Waals surface area contributed by atoms with Crippen LogP contribution in [0.15, 0.2) is 109 Å². The van der Waals surface area contributed by atoms with E-state index < -0.39 is 32.5 Å². The fourth-order valence-electron chi connectivity index (χ4n) is 5.53. The first-order chi connectivity index (χ1) is 29.3. The number of hydrogen-bond acceptors (Lipinski definition) is 8. The maximum atomic E-state index is 12.6. The number of hydrogen-bond donors (Lipinski definition) is 2. The van der Waals surface area contributed by atoms with Crippen LogP contribution in [0.4, 0.5) is 0 Å². The Morgan fingerprint density at radius 2 is 0.933 bits per heavy atom. The summed E-state index contributed by atoms with van der Waals surface area (Å²) < 4.78 is 32.7. The maximum absolute atomic E-state index is 12.6. The summed E-state index contributed by atoms with van der Waals surface area (Å²) in [6, 6.07) is 0. The molecule has 0 radical (unpaired) electrons. The van der Waals surface area contributed by atoms with Crippen LogP contribution in [0.5, 0.6) is 0 Å². The van der Waals surface area contributed by atoms with Crippen LogP contribution in [0.3, 0.4) is 0 Å². The molecule has 3 N–H and O–H groups in total. The van der Waals surface area contributed by atoms with Gasteiger partial charge >= 0.3 is 19.8 Å². The minimum absolute atomic E-state index is 0.0357. The summed E-state index contributed by atoms with van der Waals surface area (Å²) in [5.74, 6) is -0.925. The van der Waals surface area contributed by atoms with Crippen molar-refractivity contribution < 1.29 is 37.6 Å². The lowest BCUT2D eigenvalue weighted by Gasteiger charge is -2.19. The number of phosphoric ester groups is 1. The van der Waals surface area contributed by atoms with Gasteiger partial charge in [-0.2, -0.15) is 0 Å². The molecule has 0 saturated heterocycles. The number of esters is 2. The van der Waals surface area contributed by atoms with Crippen molar-refractivity contribution in [2.75, 3.05) is 26.4 Å². The van der Waals surface area contributed by atoms with Crippen molar-refractivity contribution in [2.24, 2.45) is 5.73 Å². The molecule has 0 amide bonds. The van der Waals surface area contributed by atoms with E-state index in [1.807, 2.05) is 6.08 Å². The molecule has 0 rings (SSSR count). The van der Waals surface area contributed by atoms with Gasteiger partial charge in [0.25, 0.3) is 0 Å². The Morgan fingerprint density at radius 1 is 0.517 bits per heavy atom. The fourth-order valence-corrected chi connectivity index (χ4v) is 6.30. The van der Waals surface area contributed by atoms with E-state index in [0.717, 1.165) is 83.5 Å². The van der Waals surface area contributed by atoms with Crippen molar-refractivity contribution in [1.82, 2.24) is 0 Å². The zero-order chi connectivity index (χ0) is 43.9. The fraction of sp³-hybridized carbons (Fsp3) is 0.600. The quantitative estimate of drug-likeness (QED) is 0.0267. The molecule has 0 saturated carbocycles. The summed E-state index contributed by atoms with van der Waals surface area (Å²) in [6.45, 7) is 3.49. The van der Waals surface area contributed by atoms with Gasteiger partial charge < -0.3 is 20.1 Å². The Labute approximate surface area is 365 Å². The molecule has 340 valence electrons. The number of carbonyl (C=O) groups is 2. The van der Waals surface area contributed by atoms with E-state index in [2.05, 4.69) is 117 Å². The average Bonchev–Trinajstić information content (AvgIpc) is 3.24. The van der Waals surface area contributed by atoms with Crippen LogP contribution >= 0.6 is 7.82 Å². The molecule has 60 heavy (non-hydrogen) atoms. The third kappa shape index (κ3) is 44.2. The average molecular weight is 856 g/mol. The van der Waals surface area contributed by atoms with Crippen LogP contribution in [0.25, 0.3) is 0 Å². The molecule has 0 aliphatic rings. The van der Waals surface area contributed by atoms with E-state index in [4.69, 9.17) is 24.3 Å². The van der Waals surface area contributed by atoms with Crippen molar-refractivity contribution in [3.05, 3.63) is 109 Å². The monoisotopic (exact) mass is 856 g/mol. The first-order valence-electron chi connectivity index (χ1n) is 22.9. The van der Waals surface area contributed by atoms with Gasteiger partial charge in [0.05, 0.1) is 13.2 Å². The van der Waals surface area contributed by atoms with Crippen LogP contribution in [0.1, 0.15) is 162 Å². The summed E-state index contributed by atoms with van der Waals surface area (Å²) in [7, 11) is -4.41. The molecule has 0 aromatic carbocycles. The van der Waals surface area contributed by atoms with Gasteiger partial charge in [0.2, 0.25) is 0 Å². The molecule has 0 bridgehead atoms. The van der Waals surface area contributed by atoms with Gasteiger partial charge in [0.1, 0.15) is 6.61 Å². The van der Waals surface area contributed by atoms with Crippen LogP contribution < -0.4 is 5.73 Å². The van der Waals surface area contributed by atoms with Crippen molar-refractivity contribution in [1.29, 1.82) is 0 Å². The molecular weight excluding hydrogens is 774 g/mol. The normalized spacial score (nSPS) is 14.3. The van der Waals surface area contributed by atoms with Gasteiger partial charge in [-0.1, -0.05) is 162 Å². The zero-order valence-corrected chi connectivity index (χ0v) is 38.3. The highest BCUT2D eigenvalue weighted by Crippen LogP contribution is 2.43. The predicted octanol–water partition coefficient (Wildman–Crippen LogP) is 13.6. The SMILES string of the molecule is CC/C=C\C/C=C\C/C=C\C/C=C\C/C=C\C/C=C\C/C=C\CCCC(=O)OC(COC(=O)CCCCCCC/C=C\C/C=C\CCCCCC)COP(=O)(O)OCCN. The van der Waals surface area contributed by atoms with E-state index in [-0.39, 0.29) is 32.6 Å². The highest BCUT2D eigenvalue weighted by molar-refractivity contribution is 7.47. The third-order valence-corrected chi connectivity index (χ3v) is 9.88. The molecule has 0 fully saturated rings. The van der Waals surface area contributed by atoms with Crippen molar-refractivity contribution in [3.63, 3.8) is 0 Å². The van der Waals surface area contributed by atoms with Crippen LogP contribution in [-0.4, -0.2) is 49.3 Å². The van der Waals surface area contributed by atoms with Crippen LogP contribution in [0.2, 0.25) is 0 Å². The Bertz CT molecular complexity index is 1340. The summed E-state index contributed by atoms with van der Waals surface area (Å²) >= 11 is 0. The highest BCUT2D eigenvalue weighted by atomic mass is 31.2.